The predicted molar refractivity (Wildman–Crippen MR) is 55.9 cm³/mol. The molecule has 0 aromatic heterocycles. The molecule has 0 radical (unpaired) electrons. The van der Waals surface area contributed by atoms with E-state index in [0.29, 0.717) is 0 Å². The van der Waals surface area contributed by atoms with Crippen LogP contribution in [0.25, 0.3) is 0 Å². The van der Waals surface area contributed by atoms with Crippen molar-refractivity contribution >= 4 is 28.7 Å². The summed E-state index contributed by atoms with van der Waals surface area (Å²) in [4.78, 5) is 11.0. The summed E-state index contributed by atoms with van der Waals surface area (Å²) in [5, 5.41) is 2.42. The van der Waals surface area contributed by atoms with Gasteiger partial charge in [0.2, 0.25) is 5.91 Å². The number of nitrogens with two attached hydrogens (primary N) is 1. The lowest BCUT2D eigenvalue weighted by molar-refractivity contribution is -0.121. The van der Waals surface area contributed by atoms with Gasteiger partial charge in [0.1, 0.15) is 0 Å². The molecule has 6 nitrogen and oxygen atoms in total. The van der Waals surface area contributed by atoms with E-state index in [1.165, 1.54) is 0 Å². The van der Waals surface area contributed by atoms with Crippen LogP contribution in [0.2, 0.25) is 0 Å². The number of carbonyl (C=O) groups excluding carboxylic acids is 1. The first-order valence-corrected chi connectivity index (χ1v) is 6.20. The van der Waals surface area contributed by atoms with Crippen molar-refractivity contribution in [1.82, 2.24) is 5.32 Å². The fourth-order valence-electron chi connectivity index (χ4n) is 0.680. The zero-order valence-corrected chi connectivity index (χ0v) is 9.22. The molecule has 0 aliphatic rings. The molecular formula is C6H14N2O4S2. The third kappa shape index (κ3) is 7.13. The van der Waals surface area contributed by atoms with Crippen molar-refractivity contribution in [2.24, 2.45) is 5.73 Å². The third-order valence-electron chi connectivity index (χ3n) is 1.41. The molecule has 14 heavy (non-hydrogen) atoms. The van der Waals surface area contributed by atoms with E-state index >= 15 is 0 Å². The fraction of sp³-hybridized carbons (Fsp3) is 0.833. The molecule has 0 aliphatic heterocycles. The molecule has 0 aromatic carbocycles. The summed E-state index contributed by atoms with van der Waals surface area (Å²) in [5.41, 5.74) is 5.33. The lowest BCUT2D eigenvalue weighted by Gasteiger charge is -2.08. The monoisotopic (exact) mass is 242 g/mol. The van der Waals surface area contributed by atoms with Gasteiger partial charge in [-0.15, -0.1) is 0 Å². The normalized spacial score (nSPS) is 13.6. The average molecular weight is 242 g/mol. The Labute approximate surface area is 88.4 Å². The minimum Gasteiger partial charge on any atom is -0.355 e. The topological polar surface area (TPSA) is 109 Å². The highest BCUT2D eigenvalue weighted by Crippen LogP contribution is 1.88. The minimum atomic E-state index is -3.95. The van der Waals surface area contributed by atoms with Gasteiger partial charge in [-0.1, -0.05) is 0 Å². The maximum Gasteiger partial charge on any atom is 0.264 e. The number of amides is 1. The Morgan fingerprint density at radius 1 is 1.57 bits per heavy atom. The SMILES string of the molecule is N[C@H](CS)C(=O)NCCCS(=O)(=O)O. The zero-order valence-electron chi connectivity index (χ0n) is 7.51. The van der Waals surface area contributed by atoms with Crippen molar-refractivity contribution < 1.29 is 17.8 Å². The maximum absolute atomic E-state index is 11.0. The second-order valence-corrected chi connectivity index (χ2v) is 4.66. The van der Waals surface area contributed by atoms with E-state index in [1.807, 2.05) is 0 Å². The highest BCUT2D eigenvalue weighted by atomic mass is 32.2. The van der Waals surface area contributed by atoms with Crippen LogP contribution in [-0.4, -0.2) is 43.0 Å². The number of thiol groups is 1. The molecule has 0 spiro atoms. The number of rotatable bonds is 6. The predicted octanol–water partition coefficient (Wildman–Crippen LogP) is -1.36. The quantitative estimate of drug-likeness (QED) is 0.261. The summed E-state index contributed by atoms with van der Waals surface area (Å²) in [7, 11) is -3.95. The van der Waals surface area contributed by atoms with Crippen molar-refractivity contribution in [1.29, 1.82) is 0 Å². The van der Waals surface area contributed by atoms with Crippen LogP contribution in [-0.2, 0) is 14.9 Å². The largest absolute Gasteiger partial charge is 0.355 e. The van der Waals surface area contributed by atoms with Crippen LogP contribution in [0.15, 0.2) is 0 Å². The van der Waals surface area contributed by atoms with E-state index in [-0.39, 0.29) is 30.4 Å². The molecule has 84 valence electrons. The highest BCUT2D eigenvalue weighted by molar-refractivity contribution is 7.85. The summed E-state index contributed by atoms with van der Waals surface area (Å²) >= 11 is 3.82. The molecule has 0 saturated heterocycles. The summed E-state index contributed by atoms with van der Waals surface area (Å²) < 4.78 is 28.9. The smallest absolute Gasteiger partial charge is 0.264 e. The van der Waals surface area contributed by atoms with Crippen LogP contribution in [0, 0.1) is 0 Å². The van der Waals surface area contributed by atoms with Crippen LogP contribution in [0.1, 0.15) is 6.42 Å². The Morgan fingerprint density at radius 2 is 2.14 bits per heavy atom. The molecule has 1 atom stereocenters. The summed E-state index contributed by atoms with van der Waals surface area (Å²) in [6.07, 6.45) is 0.157. The van der Waals surface area contributed by atoms with Gasteiger partial charge in [0.25, 0.3) is 10.1 Å². The van der Waals surface area contributed by atoms with Gasteiger partial charge in [0, 0.05) is 12.3 Å². The van der Waals surface area contributed by atoms with Crippen LogP contribution in [0.4, 0.5) is 0 Å². The van der Waals surface area contributed by atoms with Crippen molar-refractivity contribution in [3.05, 3.63) is 0 Å². The maximum atomic E-state index is 11.0. The van der Waals surface area contributed by atoms with Crippen molar-refractivity contribution in [3.63, 3.8) is 0 Å². The van der Waals surface area contributed by atoms with Gasteiger partial charge < -0.3 is 11.1 Å². The molecule has 0 saturated carbocycles. The van der Waals surface area contributed by atoms with Crippen LogP contribution in [0.5, 0.6) is 0 Å². The average Bonchev–Trinajstić information content (AvgIpc) is 2.09. The van der Waals surface area contributed by atoms with E-state index in [0.717, 1.165) is 0 Å². The van der Waals surface area contributed by atoms with Gasteiger partial charge >= 0.3 is 0 Å². The first-order chi connectivity index (χ1) is 6.37. The first kappa shape index (κ1) is 13.7. The van der Waals surface area contributed by atoms with Crippen molar-refractivity contribution in [2.75, 3.05) is 18.1 Å². The molecule has 0 bridgehead atoms. The number of hydrogen-bond donors (Lipinski definition) is 4. The second-order valence-electron chi connectivity index (χ2n) is 2.72. The van der Waals surface area contributed by atoms with E-state index < -0.39 is 16.2 Å². The highest BCUT2D eigenvalue weighted by Gasteiger charge is 2.10. The van der Waals surface area contributed by atoms with Crippen LogP contribution >= 0.6 is 12.6 Å². The van der Waals surface area contributed by atoms with Crippen LogP contribution < -0.4 is 11.1 Å². The van der Waals surface area contributed by atoms with Gasteiger partial charge in [-0.3, -0.25) is 9.35 Å². The Bertz CT molecular complexity index is 278. The first-order valence-electron chi connectivity index (χ1n) is 3.96. The standard InChI is InChI=1S/C6H14N2O4S2/c7-5(4-13)6(9)8-2-1-3-14(10,11)12/h5,13H,1-4,7H2,(H,8,9)(H,10,11,12)/t5-/m1/s1. The fourth-order valence-corrected chi connectivity index (χ4v) is 1.36. The Hall–Kier alpha value is -0.310. The summed E-state index contributed by atoms with van der Waals surface area (Å²) in [6.45, 7) is 0.167. The minimum absolute atomic E-state index is 0.157. The van der Waals surface area contributed by atoms with Gasteiger partial charge in [0.05, 0.1) is 11.8 Å². The lowest BCUT2D eigenvalue weighted by atomic mass is 10.3. The number of hydrogen-bond acceptors (Lipinski definition) is 5. The Morgan fingerprint density at radius 3 is 2.57 bits per heavy atom. The van der Waals surface area contributed by atoms with Crippen LogP contribution in [0.3, 0.4) is 0 Å². The molecular weight excluding hydrogens is 228 g/mol. The molecule has 1 amide bonds. The third-order valence-corrected chi connectivity index (χ3v) is 2.61. The second kappa shape index (κ2) is 6.23. The summed E-state index contributed by atoms with van der Waals surface area (Å²) in [6, 6.07) is -0.691. The molecule has 0 aliphatic carbocycles. The van der Waals surface area contributed by atoms with Gasteiger partial charge in [-0.05, 0) is 6.42 Å². The summed E-state index contributed by atoms with van der Waals surface area (Å²) in [5.74, 6) is -0.525. The molecule has 0 unspecified atom stereocenters. The van der Waals surface area contributed by atoms with Gasteiger partial charge in [0.15, 0.2) is 0 Å². The molecule has 4 N–H and O–H groups in total. The van der Waals surface area contributed by atoms with Gasteiger partial charge in [-0.2, -0.15) is 21.0 Å². The van der Waals surface area contributed by atoms with E-state index in [9.17, 15) is 13.2 Å². The molecule has 0 fully saturated rings. The lowest BCUT2D eigenvalue weighted by Crippen LogP contribution is -2.42. The number of carbonyl (C=O) groups is 1. The zero-order chi connectivity index (χ0) is 11.2. The molecule has 0 aromatic rings. The molecule has 0 heterocycles. The van der Waals surface area contributed by atoms with E-state index in [2.05, 4.69) is 17.9 Å². The van der Waals surface area contributed by atoms with Crippen molar-refractivity contribution in [2.45, 2.75) is 12.5 Å². The Kier molecular flexibility index (Phi) is 6.09. The van der Waals surface area contributed by atoms with E-state index in [4.69, 9.17) is 10.3 Å². The Balaban J connectivity index is 3.61. The van der Waals surface area contributed by atoms with Gasteiger partial charge in [-0.25, -0.2) is 0 Å². The van der Waals surface area contributed by atoms with E-state index in [1.54, 1.807) is 0 Å². The molecule has 8 heteroatoms. The molecule has 0 rings (SSSR count). The van der Waals surface area contributed by atoms with Crippen molar-refractivity contribution in [3.8, 4) is 0 Å². The number of nitrogens with one attached hydrogen (secondary N) is 1.